The van der Waals surface area contributed by atoms with E-state index in [0.717, 1.165) is 0 Å². The minimum atomic E-state index is 0.636. The number of nitrogens with zero attached hydrogens (tertiary/aromatic N) is 1. The minimum Gasteiger partial charge on any atom is -0.362 e. The molecular formula is C10H15N3. The first-order chi connectivity index (χ1) is 6.25. The van der Waals surface area contributed by atoms with Gasteiger partial charge in [0, 0.05) is 23.0 Å². The van der Waals surface area contributed by atoms with Crippen LogP contribution >= 0.6 is 0 Å². The second-order valence-electron chi connectivity index (χ2n) is 3.69. The van der Waals surface area contributed by atoms with Crippen LogP contribution in [-0.4, -0.2) is 17.2 Å². The van der Waals surface area contributed by atoms with Crippen LogP contribution < -0.4 is 5.43 Å². The van der Waals surface area contributed by atoms with Crippen LogP contribution in [0.3, 0.4) is 0 Å². The Hall–Kier alpha value is -1.25. The van der Waals surface area contributed by atoms with Crippen molar-refractivity contribution in [2.45, 2.75) is 32.7 Å². The molecule has 2 N–H and O–H groups in total. The first-order valence-electron chi connectivity index (χ1n) is 4.70. The van der Waals surface area contributed by atoms with E-state index >= 15 is 0 Å². The maximum absolute atomic E-state index is 4.18. The smallest absolute Gasteiger partial charge is 0.0558 e. The molecule has 3 heteroatoms. The van der Waals surface area contributed by atoms with E-state index in [1.165, 1.54) is 29.8 Å². The average Bonchev–Trinajstić information content (AvgIpc) is 2.81. The molecule has 1 aromatic rings. The number of hydrazone groups is 1. The van der Waals surface area contributed by atoms with Crippen molar-refractivity contribution < 1.29 is 0 Å². The Balaban J connectivity index is 1.98. The third-order valence-electron chi connectivity index (χ3n) is 2.23. The number of aryl methyl sites for hydroxylation is 2. The van der Waals surface area contributed by atoms with Gasteiger partial charge < -0.3 is 10.4 Å². The second-order valence-corrected chi connectivity index (χ2v) is 3.69. The van der Waals surface area contributed by atoms with Crippen LogP contribution in [0.15, 0.2) is 11.2 Å². The number of aromatic amines is 1. The monoisotopic (exact) mass is 177 g/mol. The van der Waals surface area contributed by atoms with Crippen LogP contribution in [0.5, 0.6) is 0 Å². The fourth-order valence-corrected chi connectivity index (χ4v) is 1.30. The molecule has 0 bridgehead atoms. The molecule has 0 spiro atoms. The van der Waals surface area contributed by atoms with E-state index in [2.05, 4.69) is 35.4 Å². The van der Waals surface area contributed by atoms with E-state index in [9.17, 15) is 0 Å². The number of H-pyrrole nitrogens is 1. The molecule has 70 valence electrons. The summed E-state index contributed by atoms with van der Waals surface area (Å²) in [6.45, 7) is 4.12. The molecule has 0 unspecified atom stereocenters. The average molecular weight is 177 g/mol. The summed E-state index contributed by atoms with van der Waals surface area (Å²) in [7, 11) is 0. The number of aromatic nitrogens is 1. The van der Waals surface area contributed by atoms with E-state index in [1.54, 1.807) is 0 Å². The van der Waals surface area contributed by atoms with Crippen molar-refractivity contribution in [3.05, 3.63) is 23.0 Å². The molecule has 13 heavy (non-hydrogen) atoms. The standard InChI is InChI=1S/C10H15N3/c1-7-5-9(8(2)12-7)6-11-13-10-3-4-10/h5-6,10,12-13H,3-4H2,1-2H3/b11-6+. The van der Waals surface area contributed by atoms with Gasteiger partial charge in [-0.05, 0) is 32.8 Å². The normalized spacial score (nSPS) is 16.8. The van der Waals surface area contributed by atoms with Crippen molar-refractivity contribution in [3.8, 4) is 0 Å². The van der Waals surface area contributed by atoms with Gasteiger partial charge in [0.05, 0.1) is 6.21 Å². The highest BCUT2D eigenvalue weighted by molar-refractivity contribution is 5.81. The van der Waals surface area contributed by atoms with Gasteiger partial charge in [-0.15, -0.1) is 0 Å². The Kier molecular flexibility index (Phi) is 2.08. The zero-order valence-electron chi connectivity index (χ0n) is 8.09. The minimum absolute atomic E-state index is 0.636. The highest BCUT2D eigenvalue weighted by atomic mass is 15.3. The summed E-state index contributed by atoms with van der Waals surface area (Å²) in [5, 5.41) is 4.18. The molecule has 3 nitrogen and oxygen atoms in total. The van der Waals surface area contributed by atoms with Crippen LogP contribution in [0, 0.1) is 13.8 Å². The van der Waals surface area contributed by atoms with Crippen molar-refractivity contribution in [1.29, 1.82) is 0 Å². The molecule has 1 aliphatic rings. The summed E-state index contributed by atoms with van der Waals surface area (Å²) in [5.74, 6) is 0. The van der Waals surface area contributed by atoms with Gasteiger partial charge in [-0.2, -0.15) is 5.10 Å². The molecule has 2 rings (SSSR count). The van der Waals surface area contributed by atoms with Crippen LogP contribution in [-0.2, 0) is 0 Å². The van der Waals surface area contributed by atoms with Crippen molar-refractivity contribution in [2.75, 3.05) is 0 Å². The lowest BCUT2D eigenvalue weighted by atomic mass is 10.3. The first kappa shape index (κ1) is 8.35. The lowest BCUT2D eigenvalue weighted by Crippen LogP contribution is -2.07. The van der Waals surface area contributed by atoms with E-state index in [-0.39, 0.29) is 0 Å². The third-order valence-corrected chi connectivity index (χ3v) is 2.23. The van der Waals surface area contributed by atoms with Gasteiger partial charge in [-0.3, -0.25) is 0 Å². The Labute approximate surface area is 78.2 Å². The molecule has 1 aliphatic carbocycles. The Morgan fingerprint density at radius 1 is 1.54 bits per heavy atom. The summed E-state index contributed by atoms with van der Waals surface area (Å²) in [6.07, 6.45) is 4.42. The molecule has 0 atom stereocenters. The van der Waals surface area contributed by atoms with Crippen molar-refractivity contribution in [3.63, 3.8) is 0 Å². The SMILES string of the molecule is Cc1cc(/C=N/NC2CC2)c(C)[nH]1. The molecule has 1 aromatic heterocycles. The molecule has 0 aliphatic heterocycles. The van der Waals surface area contributed by atoms with E-state index in [0.29, 0.717) is 6.04 Å². The second kappa shape index (κ2) is 3.24. The zero-order valence-corrected chi connectivity index (χ0v) is 8.09. The molecule has 0 aromatic carbocycles. The zero-order chi connectivity index (χ0) is 9.26. The Morgan fingerprint density at radius 2 is 2.31 bits per heavy atom. The van der Waals surface area contributed by atoms with Crippen molar-refractivity contribution in [2.24, 2.45) is 5.10 Å². The summed E-state index contributed by atoms with van der Waals surface area (Å²) in [5.41, 5.74) is 6.63. The molecule has 0 amide bonds. The van der Waals surface area contributed by atoms with Gasteiger partial charge in [0.25, 0.3) is 0 Å². The highest BCUT2D eigenvalue weighted by Gasteiger charge is 2.19. The molecule has 1 saturated carbocycles. The van der Waals surface area contributed by atoms with Gasteiger partial charge >= 0.3 is 0 Å². The topological polar surface area (TPSA) is 40.2 Å². The predicted molar refractivity (Wildman–Crippen MR) is 54.0 cm³/mol. The van der Waals surface area contributed by atoms with Crippen LogP contribution in [0.1, 0.15) is 29.8 Å². The largest absolute Gasteiger partial charge is 0.362 e. The first-order valence-corrected chi connectivity index (χ1v) is 4.70. The number of hydrogen-bond donors (Lipinski definition) is 2. The molecular weight excluding hydrogens is 162 g/mol. The fraction of sp³-hybridized carbons (Fsp3) is 0.500. The fourth-order valence-electron chi connectivity index (χ4n) is 1.30. The Morgan fingerprint density at radius 3 is 2.85 bits per heavy atom. The number of rotatable bonds is 3. The maximum atomic E-state index is 4.18. The highest BCUT2D eigenvalue weighted by Crippen LogP contribution is 2.18. The number of hydrogen-bond acceptors (Lipinski definition) is 2. The van der Waals surface area contributed by atoms with Crippen LogP contribution in [0.2, 0.25) is 0 Å². The van der Waals surface area contributed by atoms with Gasteiger partial charge in [0.1, 0.15) is 0 Å². The lowest BCUT2D eigenvalue weighted by Gasteiger charge is -1.93. The Bertz CT molecular complexity index is 321. The predicted octanol–water partition coefficient (Wildman–Crippen LogP) is 1.72. The van der Waals surface area contributed by atoms with Gasteiger partial charge in [-0.25, -0.2) is 0 Å². The molecule has 0 radical (unpaired) electrons. The van der Waals surface area contributed by atoms with Crippen molar-refractivity contribution >= 4 is 6.21 Å². The third kappa shape index (κ3) is 2.11. The lowest BCUT2D eigenvalue weighted by molar-refractivity contribution is 0.741. The van der Waals surface area contributed by atoms with Gasteiger partial charge in [0.2, 0.25) is 0 Å². The van der Waals surface area contributed by atoms with Gasteiger partial charge in [-0.1, -0.05) is 0 Å². The van der Waals surface area contributed by atoms with Crippen molar-refractivity contribution in [1.82, 2.24) is 10.4 Å². The van der Waals surface area contributed by atoms with Gasteiger partial charge in [0.15, 0.2) is 0 Å². The van der Waals surface area contributed by atoms with Crippen LogP contribution in [0.25, 0.3) is 0 Å². The summed E-state index contributed by atoms with van der Waals surface area (Å²) in [6, 6.07) is 2.74. The quantitative estimate of drug-likeness (QED) is 0.535. The number of nitrogens with one attached hydrogen (secondary N) is 2. The summed E-state index contributed by atoms with van der Waals surface area (Å²) < 4.78 is 0. The van der Waals surface area contributed by atoms with Crippen LogP contribution in [0.4, 0.5) is 0 Å². The van der Waals surface area contributed by atoms with E-state index in [1.807, 2.05) is 6.21 Å². The maximum Gasteiger partial charge on any atom is 0.0558 e. The molecule has 1 fully saturated rings. The summed E-state index contributed by atoms with van der Waals surface area (Å²) >= 11 is 0. The summed E-state index contributed by atoms with van der Waals surface area (Å²) in [4.78, 5) is 3.24. The van der Waals surface area contributed by atoms with E-state index < -0.39 is 0 Å². The molecule has 1 heterocycles. The van der Waals surface area contributed by atoms with E-state index in [4.69, 9.17) is 0 Å². The molecule has 0 saturated heterocycles.